The fourth-order valence-electron chi connectivity index (χ4n) is 3.14. The Labute approximate surface area is 181 Å². The Hall–Kier alpha value is -2.16. The number of aryl methyl sites for hydroxylation is 3. The van der Waals surface area contributed by atoms with Crippen molar-refractivity contribution < 1.29 is 30.0 Å². The molecule has 0 saturated heterocycles. The van der Waals surface area contributed by atoms with Gasteiger partial charge in [0.2, 0.25) is 0 Å². The van der Waals surface area contributed by atoms with E-state index in [-0.39, 0.29) is 37.7 Å². The molecule has 1 atom stereocenters. The van der Waals surface area contributed by atoms with Gasteiger partial charge in [0.15, 0.2) is 5.78 Å². The second-order valence-electron chi connectivity index (χ2n) is 7.14. The van der Waals surface area contributed by atoms with Crippen LogP contribution in [0.25, 0.3) is 10.9 Å². The molecule has 2 aromatic carbocycles. The number of carbonyl (C=O) groups is 1. The van der Waals surface area contributed by atoms with Gasteiger partial charge < -0.3 is 10.4 Å². The van der Waals surface area contributed by atoms with E-state index in [2.05, 4.69) is 70.2 Å². The van der Waals surface area contributed by atoms with Crippen molar-refractivity contribution in [2.24, 2.45) is 0 Å². The number of hydrogen-bond acceptors (Lipinski definition) is 2. The number of allylic oxidation sites excluding steroid dienone is 3. The van der Waals surface area contributed by atoms with Crippen LogP contribution in [-0.4, -0.2) is 10.9 Å². The maximum atomic E-state index is 10.0. The molecule has 0 fully saturated rings. The molecule has 1 heterocycles. The summed E-state index contributed by atoms with van der Waals surface area (Å²) < 4.78 is 0. The summed E-state index contributed by atoms with van der Waals surface area (Å²) in [6.07, 6.45) is 3.41. The molecule has 0 saturated carbocycles. The van der Waals surface area contributed by atoms with E-state index < -0.39 is 0 Å². The van der Waals surface area contributed by atoms with E-state index in [1.807, 2.05) is 0 Å². The van der Waals surface area contributed by atoms with Crippen LogP contribution in [-0.2, 0) is 24.9 Å². The van der Waals surface area contributed by atoms with E-state index >= 15 is 0 Å². The molecule has 28 heavy (non-hydrogen) atoms. The van der Waals surface area contributed by atoms with E-state index in [4.69, 9.17) is 10.4 Å². The van der Waals surface area contributed by atoms with E-state index in [9.17, 15) is 4.79 Å². The fourth-order valence-corrected chi connectivity index (χ4v) is 3.14. The molecular weight excluding hydrogens is 526 g/mol. The van der Waals surface area contributed by atoms with E-state index in [0.717, 1.165) is 11.3 Å². The van der Waals surface area contributed by atoms with Crippen LogP contribution in [0.5, 0.6) is 0 Å². The summed E-state index contributed by atoms with van der Waals surface area (Å²) in [4.78, 5) is 10.0. The second-order valence-corrected chi connectivity index (χ2v) is 7.14. The Morgan fingerprint density at radius 1 is 1.07 bits per heavy atom. The zero-order chi connectivity index (χ0) is 20.1. The largest absolute Gasteiger partial charge is 0.676 e. The van der Waals surface area contributed by atoms with Gasteiger partial charge in [0, 0.05) is 26.2 Å². The summed E-state index contributed by atoms with van der Waals surface area (Å²) in [5.74, 6) is -0.0625. The van der Waals surface area contributed by atoms with Gasteiger partial charge in [0.05, 0.1) is 5.76 Å². The van der Waals surface area contributed by atoms with Crippen molar-refractivity contribution in [1.29, 1.82) is 0 Å². The van der Waals surface area contributed by atoms with Gasteiger partial charge in [-0.3, -0.25) is 4.79 Å². The molecule has 0 aromatic heterocycles. The van der Waals surface area contributed by atoms with E-state index in [1.54, 1.807) is 0 Å². The minimum absolute atomic E-state index is 0. The summed E-state index contributed by atoms with van der Waals surface area (Å²) in [7, 11) is 0. The smallest absolute Gasteiger partial charge is 0.155 e. The molecule has 151 valence electrons. The zero-order valence-electron chi connectivity index (χ0n) is 17.3. The van der Waals surface area contributed by atoms with Gasteiger partial charge in [-0.2, -0.15) is 34.9 Å². The van der Waals surface area contributed by atoms with Crippen LogP contribution in [0.15, 0.2) is 48.2 Å². The normalized spacial score (nSPS) is 15.1. The Bertz CT molecular complexity index is 889. The summed E-state index contributed by atoms with van der Waals surface area (Å²) in [5, 5.41) is 13.3. The molecule has 1 radical (unpaired) electrons. The van der Waals surface area contributed by atoms with Gasteiger partial charge >= 0.3 is 0 Å². The minimum Gasteiger partial charge on any atom is -0.676 e. The standard InChI is InChI=1S/C19H19N.C5H8O2.Ir/c1-12-5-6-17-15(4)11-18(20-19(17)10-12)16-8-13(2)7-14(3)9-16;1-4(6)3-5(2)7;/h5-8,10-11,18H,1-4H3;3,6H,1-2H3;/q-2;;/b;4-3-;. The summed E-state index contributed by atoms with van der Waals surface area (Å²) in [6, 6.07) is 14.4. The monoisotopic (exact) mass is 554 g/mol. The first-order valence-electron chi connectivity index (χ1n) is 9.04. The Balaban J connectivity index is 0.000000425. The SMILES string of the molecule is CC(=O)/C=C(/C)O.CC1=CC(c2[c-]c(C)cc(C)c2)[N-]c2cc(C)ccc21.[Ir]. The molecule has 3 nitrogen and oxygen atoms in total. The first kappa shape index (κ1) is 23.9. The van der Waals surface area contributed by atoms with Gasteiger partial charge in [-0.15, -0.1) is 5.69 Å². The number of hydrogen-bond donors (Lipinski definition) is 1. The van der Waals surface area contributed by atoms with Crippen molar-refractivity contribution in [3.05, 3.63) is 87.4 Å². The van der Waals surface area contributed by atoms with Crippen LogP contribution in [0.2, 0.25) is 0 Å². The third-order valence-electron chi connectivity index (χ3n) is 4.16. The first-order valence-corrected chi connectivity index (χ1v) is 9.04. The molecular formula is C24H27IrNO2-2. The van der Waals surface area contributed by atoms with Gasteiger partial charge in [-0.1, -0.05) is 55.3 Å². The third kappa shape index (κ3) is 6.78. The molecule has 0 amide bonds. The third-order valence-corrected chi connectivity index (χ3v) is 4.16. The number of benzene rings is 2. The number of rotatable bonds is 2. The molecule has 2 aromatic rings. The predicted molar refractivity (Wildman–Crippen MR) is 112 cm³/mol. The summed E-state index contributed by atoms with van der Waals surface area (Å²) in [5.41, 5.74) is 8.51. The van der Waals surface area contributed by atoms with Crippen molar-refractivity contribution in [2.45, 2.75) is 47.6 Å². The van der Waals surface area contributed by atoms with Gasteiger partial charge in [0.25, 0.3) is 0 Å². The van der Waals surface area contributed by atoms with Crippen molar-refractivity contribution in [1.82, 2.24) is 0 Å². The Morgan fingerprint density at radius 3 is 2.29 bits per heavy atom. The van der Waals surface area contributed by atoms with E-state index in [0.29, 0.717) is 0 Å². The van der Waals surface area contributed by atoms with Crippen molar-refractivity contribution in [2.75, 3.05) is 0 Å². The summed E-state index contributed by atoms with van der Waals surface area (Å²) >= 11 is 0. The summed E-state index contributed by atoms with van der Waals surface area (Å²) in [6.45, 7) is 11.3. The number of fused-ring (bicyclic) bond motifs is 1. The fraction of sp³-hybridized carbons (Fsp3) is 0.292. The molecule has 1 unspecified atom stereocenters. The maximum absolute atomic E-state index is 10.0. The minimum atomic E-state index is -0.125. The van der Waals surface area contributed by atoms with E-state index in [1.165, 1.54) is 47.8 Å². The molecule has 3 rings (SSSR count). The van der Waals surface area contributed by atoms with Crippen LogP contribution >= 0.6 is 0 Å². The molecule has 0 bridgehead atoms. The maximum Gasteiger partial charge on any atom is 0.155 e. The van der Waals surface area contributed by atoms with Crippen LogP contribution in [0, 0.1) is 26.8 Å². The molecule has 4 heteroatoms. The Kier molecular flexibility index (Phi) is 8.87. The first-order chi connectivity index (χ1) is 12.7. The van der Waals surface area contributed by atoms with Gasteiger partial charge in [-0.05, 0) is 33.3 Å². The second kappa shape index (κ2) is 10.4. The van der Waals surface area contributed by atoms with Gasteiger partial charge in [0.1, 0.15) is 0 Å². The van der Waals surface area contributed by atoms with Crippen molar-refractivity contribution in [3.63, 3.8) is 0 Å². The average molecular weight is 554 g/mol. The van der Waals surface area contributed by atoms with Crippen molar-refractivity contribution >= 4 is 17.0 Å². The molecule has 1 aliphatic heterocycles. The zero-order valence-corrected chi connectivity index (χ0v) is 19.6. The van der Waals surface area contributed by atoms with Crippen molar-refractivity contribution in [3.8, 4) is 0 Å². The Morgan fingerprint density at radius 2 is 1.75 bits per heavy atom. The number of aliphatic hydroxyl groups is 1. The van der Waals surface area contributed by atoms with Crippen LogP contribution in [0.1, 0.15) is 54.6 Å². The molecule has 1 N–H and O–H groups in total. The molecule has 0 aliphatic carbocycles. The van der Waals surface area contributed by atoms with Crippen LogP contribution in [0.4, 0.5) is 5.69 Å². The van der Waals surface area contributed by atoms with Crippen LogP contribution < -0.4 is 0 Å². The molecule has 1 aliphatic rings. The average Bonchev–Trinajstić information content (AvgIpc) is 2.52. The quantitative estimate of drug-likeness (QED) is 0.259. The molecule has 0 spiro atoms. The predicted octanol–water partition coefficient (Wildman–Crippen LogP) is 6.61. The number of nitrogens with zero attached hydrogens (tertiary/aromatic N) is 1. The van der Waals surface area contributed by atoms with Crippen LogP contribution in [0.3, 0.4) is 0 Å². The van der Waals surface area contributed by atoms with Gasteiger partial charge in [-0.25, -0.2) is 0 Å². The number of carbonyl (C=O) groups excluding carboxylic acids is 1. The number of ketones is 1. The topological polar surface area (TPSA) is 51.4 Å². The number of aliphatic hydroxyl groups excluding tert-OH is 1.